The quantitative estimate of drug-likeness (QED) is 0.677. The molecule has 2 aliphatic heterocycles. The van der Waals surface area contributed by atoms with Gasteiger partial charge in [0.1, 0.15) is 0 Å². The molecule has 6 nitrogen and oxygen atoms in total. The van der Waals surface area contributed by atoms with Crippen LogP contribution in [0.15, 0.2) is 18.5 Å². The molecule has 3 rings (SSSR count). The number of nitrogens with zero attached hydrogens (tertiary/aromatic N) is 3. The van der Waals surface area contributed by atoms with Crippen LogP contribution in [0.1, 0.15) is 36.0 Å². The van der Waals surface area contributed by atoms with Crippen LogP contribution in [-0.2, 0) is 9.47 Å². The monoisotopic (exact) mass is 395 g/mol. The molecule has 0 bridgehead atoms. The molecule has 1 amide bonds. The summed E-state index contributed by atoms with van der Waals surface area (Å²) in [6.07, 6.45) is 7.60. The fourth-order valence-corrected chi connectivity index (χ4v) is 4.08. The Bertz CT molecular complexity index is 602. The van der Waals surface area contributed by atoms with Gasteiger partial charge in [0, 0.05) is 45.7 Å². The number of likely N-dealkylation sites (tertiary alicyclic amines) is 1. The first-order valence-electron chi connectivity index (χ1n) is 9.88. The minimum absolute atomic E-state index is 0.00214. The predicted octanol–water partition coefficient (Wildman–Crippen LogP) is 2.71. The van der Waals surface area contributed by atoms with Crippen molar-refractivity contribution in [3.05, 3.63) is 29.0 Å². The van der Waals surface area contributed by atoms with Crippen molar-refractivity contribution in [1.82, 2.24) is 14.8 Å². The van der Waals surface area contributed by atoms with E-state index >= 15 is 0 Å². The van der Waals surface area contributed by atoms with E-state index in [9.17, 15) is 4.79 Å². The summed E-state index contributed by atoms with van der Waals surface area (Å²) in [5, 5.41) is 0.490. The molecule has 0 N–H and O–H groups in total. The van der Waals surface area contributed by atoms with Crippen LogP contribution in [0.5, 0.6) is 0 Å². The number of aromatic nitrogens is 1. The van der Waals surface area contributed by atoms with Gasteiger partial charge in [-0.05, 0) is 50.8 Å². The third kappa shape index (κ3) is 6.14. The van der Waals surface area contributed by atoms with Gasteiger partial charge in [-0.1, -0.05) is 11.6 Å². The number of rotatable bonds is 8. The number of piperidine rings is 1. The molecular weight excluding hydrogens is 366 g/mol. The van der Waals surface area contributed by atoms with E-state index in [2.05, 4.69) is 9.88 Å². The van der Waals surface area contributed by atoms with E-state index in [0.29, 0.717) is 23.0 Å². The Kier molecular flexibility index (Phi) is 7.88. The Balaban J connectivity index is 1.61. The number of hydrogen-bond donors (Lipinski definition) is 0. The van der Waals surface area contributed by atoms with Crippen molar-refractivity contribution in [3.8, 4) is 0 Å². The molecule has 2 fully saturated rings. The molecule has 1 atom stereocenters. The van der Waals surface area contributed by atoms with Crippen LogP contribution in [0.25, 0.3) is 0 Å². The van der Waals surface area contributed by atoms with Gasteiger partial charge >= 0.3 is 0 Å². The Labute approximate surface area is 166 Å². The lowest BCUT2D eigenvalue weighted by Gasteiger charge is -2.35. The van der Waals surface area contributed by atoms with Crippen LogP contribution in [0.4, 0.5) is 0 Å². The van der Waals surface area contributed by atoms with Crippen molar-refractivity contribution >= 4 is 17.5 Å². The van der Waals surface area contributed by atoms with E-state index in [1.54, 1.807) is 25.6 Å². The molecule has 0 radical (unpaired) electrons. The minimum Gasteiger partial charge on any atom is -0.383 e. The summed E-state index contributed by atoms with van der Waals surface area (Å²) in [6, 6.07) is 1.70. The number of carbonyl (C=O) groups is 1. The molecule has 2 aliphatic rings. The van der Waals surface area contributed by atoms with Crippen LogP contribution >= 0.6 is 11.6 Å². The summed E-state index contributed by atoms with van der Waals surface area (Å²) < 4.78 is 11.0. The molecule has 7 heteroatoms. The molecule has 1 aromatic rings. The van der Waals surface area contributed by atoms with E-state index in [1.165, 1.54) is 0 Å². The zero-order valence-electron chi connectivity index (χ0n) is 16.1. The smallest absolute Gasteiger partial charge is 0.255 e. The van der Waals surface area contributed by atoms with Gasteiger partial charge in [0.2, 0.25) is 0 Å². The first-order chi connectivity index (χ1) is 13.2. The number of ether oxygens (including phenoxy) is 2. The van der Waals surface area contributed by atoms with Crippen LogP contribution < -0.4 is 0 Å². The Hall–Kier alpha value is -1.21. The standard InChI is InChI=1S/C20H30ClN3O3/c1-26-10-8-23-6-4-16(5-7-23)14-24(15-19-3-2-9-27-19)20(25)17-11-18(21)13-22-12-17/h11-13,16,19H,2-10,14-15H2,1H3. The van der Waals surface area contributed by atoms with E-state index in [4.69, 9.17) is 21.1 Å². The molecule has 3 heterocycles. The Morgan fingerprint density at radius 2 is 2.15 bits per heavy atom. The van der Waals surface area contributed by atoms with Crippen molar-refractivity contribution in [1.29, 1.82) is 0 Å². The Morgan fingerprint density at radius 1 is 1.33 bits per heavy atom. The lowest BCUT2D eigenvalue weighted by Crippen LogP contribution is -2.44. The lowest BCUT2D eigenvalue weighted by molar-refractivity contribution is 0.0436. The summed E-state index contributed by atoms with van der Waals surface area (Å²) in [7, 11) is 1.74. The molecule has 0 aromatic carbocycles. The van der Waals surface area contributed by atoms with E-state index < -0.39 is 0 Å². The molecule has 27 heavy (non-hydrogen) atoms. The third-order valence-electron chi connectivity index (χ3n) is 5.48. The maximum atomic E-state index is 13.1. The maximum absolute atomic E-state index is 13.1. The van der Waals surface area contributed by atoms with E-state index in [0.717, 1.165) is 65.1 Å². The molecule has 150 valence electrons. The number of hydrogen-bond acceptors (Lipinski definition) is 5. The summed E-state index contributed by atoms with van der Waals surface area (Å²) in [6.45, 7) is 6.09. The number of amides is 1. The Morgan fingerprint density at radius 3 is 2.81 bits per heavy atom. The average Bonchev–Trinajstić information content (AvgIpc) is 3.19. The summed E-state index contributed by atoms with van der Waals surface area (Å²) >= 11 is 6.04. The molecule has 0 saturated carbocycles. The number of halogens is 1. The summed E-state index contributed by atoms with van der Waals surface area (Å²) in [5.74, 6) is 0.517. The minimum atomic E-state index is 0.00214. The van der Waals surface area contributed by atoms with Crippen molar-refractivity contribution in [2.24, 2.45) is 5.92 Å². The van der Waals surface area contributed by atoms with Crippen LogP contribution in [0, 0.1) is 5.92 Å². The fraction of sp³-hybridized carbons (Fsp3) is 0.700. The maximum Gasteiger partial charge on any atom is 0.255 e. The normalized spacial score (nSPS) is 21.5. The molecule has 0 aliphatic carbocycles. The van der Waals surface area contributed by atoms with Gasteiger partial charge in [-0.3, -0.25) is 9.78 Å². The first kappa shape index (κ1) is 20.5. The summed E-state index contributed by atoms with van der Waals surface area (Å²) in [4.78, 5) is 21.6. The number of carbonyl (C=O) groups excluding carboxylic acids is 1. The third-order valence-corrected chi connectivity index (χ3v) is 5.69. The topological polar surface area (TPSA) is 54.9 Å². The number of pyridine rings is 1. The van der Waals surface area contributed by atoms with Crippen molar-refractivity contribution in [2.45, 2.75) is 31.8 Å². The summed E-state index contributed by atoms with van der Waals surface area (Å²) in [5.41, 5.74) is 0.554. The van der Waals surface area contributed by atoms with Gasteiger partial charge in [0.25, 0.3) is 5.91 Å². The highest BCUT2D eigenvalue weighted by Gasteiger charge is 2.28. The molecule has 1 aromatic heterocycles. The molecule has 1 unspecified atom stereocenters. The highest BCUT2D eigenvalue weighted by Crippen LogP contribution is 2.22. The van der Waals surface area contributed by atoms with Crippen LogP contribution in [0.2, 0.25) is 5.02 Å². The second-order valence-electron chi connectivity index (χ2n) is 7.51. The highest BCUT2D eigenvalue weighted by atomic mass is 35.5. The molecule has 2 saturated heterocycles. The predicted molar refractivity (Wildman–Crippen MR) is 105 cm³/mol. The van der Waals surface area contributed by atoms with Gasteiger partial charge in [0.15, 0.2) is 0 Å². The van der Waals surface area contributed by atoms with Crippen LogP contribution in [0.3, 0.4) is 0 Å². The zero-order chi connectivity index (χ0) is 19.1. The van der Waals surface area contributed by atoms with E-state index in [1.807, 2.05) is 4.90 Å². The zero-order valence-corrected chi connectivity index (χ0v) is 16.9. The van der Waals surface area contributed by atoms with Crippen molar-refractivity contribution in [3.63, 3.8) is 0 Å². The second kappa shape index (κ2) is 10.4. The molecule has 0 spiro atoms. The van der Waals surface area contributed by atoms with Gasteiger partial charge in [-0.25, -0.2) is 0 Å². The molecular formula is C20H30ClN3O3. The van der Waals surface area contributed by atoms with Gasteiger partial charge in [-0.15, -0.1) is 0 Å². The first-order valence-corrected chi connectivity index (χ1v) is 10.3. The average molecular weight is 396 g/mol. The van der Waals surface area contributed by atoms with Gasteiger partial charge < -0.3 is 19.3 Å². The van der Waals surface area contributed by atoms with Gasteiger partial charge in [-0.2, -0.15) is 0 Å². The lowest BCUT2D eigenvalue weighted by atomic mass is 9.95. The number of methoxy groups -OCH3 is 1. The van der Waals surface area contributed by atoms with Crippen molar-refractivity contribution in [2.75, 3.05) is 53.0 Å². The highest BCUT2D eigenvalue weighted by molar-refractivity contribution is 6.30. The SMILES string of the molecule is COCCN1CCC(CN(CC2CCCO2)C(=O)c2cncc(Cl)c2)CC1. The van der Waals surface area contributed by atoms with Gasteiger partial charge in [0.05, 0.1) is 23.3 Å². The fourth-order valence-electron chi connectivity index (χ4n) is 3.91. The van der Waals surface area contributed by atoms with Crippen LogP contribution in [-0.4, -0.2) is 79.8 Å². The second-order valence-corrected chi connectivity index (χ2v) is 7.95. The largest absolute Gasteiger partial charge is 0.383 e. The van der Waals surface area contributed by atoms with E-state index in [-0.39, 0.29) is 12.0 Å². The van der Waals surface area contributed by atoms with Crippen molar-refractivity contribution < 1.29 is 14.3 Å².